The van der Waals surface area contributed by atoms with Gasteiger partial charge in [0.05, 0.1) is 22.1 Å². The van der Waals surface area contributed by atoms with Gasteiger partial charge in [-0.2, -0.15) is 0 Å². The molecule has 4 heterocycles. The number of benzene rings is 2. The summed E-state index contributed by atoms with van der Waals surface area (Å²) in [6, 6.07) is 18.3. The highest BCUT2D eigenvalue weighted by Crippen LogP contribution is 2.47. The van der Waals surface area contributed by atoms with E-state index in [1.54, 1.807) is 17.5 Å². The van der Waals surface area contributed by atoms with Gasteiger partial charge in [0.1, 0.15) is 5.82 Å². The fourth-order valence-electron chi connectivity index (χ4n) is 5.00. The molecule has 32 heavy (non-hydrogen) atoms. The van der Waals surface area contributed by atoms with E-state index < -0.39 is 5.41 Å². The number of pyridine rings is 1. The maximum Gasteiger partial charge on any atom is 0.237 e. The van der Waals surface area contributed by atoms with Crippen LogP contribution in [0.15, 0.2) is 66.2 Å². The van der Waals surface area contributed by atoms with Crippen LogP contribution in [-0.4, -0.2) is 25.8 Å². The Hall–Kier alpha value is -3.84. The fourth-order valence-corrected chi connectivity index (χ4v) is 5.78. The smallest absolute Gasteiger partial charge is 0.237 e. The van der Waals surface area contributed by atoms with E-state index in [-0.39, 0.29) is 5.91 Å². The average molecular weight is 436 g/mol. The predicted octanol–water partition coefficient (Wildman–Crippen LogP) is 4.74. The molecule has 1 amide bonds. The minimum absolute atomic E-state index is 0.0379. The number of anilines is 1. The van der Waals surface area contributed by atoms with Crippen LogP contribution in [0, 0.1) is 0 Å². The van der Waals surface area contributed by atoms with E-state index in [2.05, 4.69) is 44.9 Å². The van der Waals surface area contributed by atoms with E-state index >= 15 is 0 Å². The summed E-state index contributed by atoms with van der Waals surface area (Å²) in [5.74, 6) is 1.50. The lowest BCUT2D eigenvalue weighted by atomic mass is 9.79. The van der Waals surface area contributed by atoms with Gasteiger partial charge in [-0.3, -0.25) is 4.79 Å². The summed E-state index contributed by atoms with van der Waals surface area (Å²) in [7, 11) is 0. The first-order valence-electron chi connectivity index (χ1n) is 10.5. The number of amides is 1. The molecular formula is C25H17N5OS. The van der Waals surface area contributed by atoms with Gasteiger partial charge in [-0.05, 0) is 42.2 Å². The topological polar surface area (TPSA) is 83.6 Å². The molecule has 154 valence electrons. The molecule has 1 unspecified atom stereocenters. The zero-order valence-electron chi connectivity index (χ0n) is 16.9. The van der Waals surface area contributed by atoms with Crippen molar-refractivity contribution >= 4 is 34.1 Å². The van der Waals surface area contributed by atoms with E-state index in [1.807, 2.05) is 30.3 Å². The van der Waals surface area contributed by atoms with Crippen molar-refractivity contribution in [3.63, 3.8) is 0 Å². The number of aromatic nitrogens is 4. The molecule has 2 N–H and O–H groups in total. The van der Waals surface area contributed by atoms with Gasteiger partial charge >= 0.3 is 0 Å². The highest BCUT2D eigenvalue weighted by Gasteiger charge is 2.51. The van der Waals surface area contributed by atoms with Crippen LogP contribution in [0.25, 0.3) is 33.1 Å². The molecule has 1 aliphatic carbocycles. The van der Waals surface area contributed by atoms with E-state index in [9.17, 15) is 4.79 Å². The van der Waals surface area contributed by atoms with E-state index in [4.69, 9.17) is 9.97 Å². The largest absolute Gasteiger partial charge is 0.336 e. The molecule has 0 saturated heterocycles. The molecule has 0 radical (unpaired) electrons. The van der Waals surface area contributed by atoms with Crippen molar-refractivity contribution in [2.75, 3.05) is 5.32 Å². The lowest BCUT2D eigenvalue weighted by Gasteiger charge is -2.20. The molecule has 2 aliphatic rings. The van der Waals surface area contributed by atoms with Crippen LogP contribution in [0.5, 0.6) is 0 Å². The lowest BCUT2D eigenvalue weighted by Crippen LogP contribution is -2.35. The molecule has 7 rings (SSSR count). The van der Waals surface area contributed by atoms with Gasteiger partial charge in [0.15, 0.2) is 10.8 Å². The molecule has 0 saturated carbocycles. The molecule has 3 aromatic heterocycles. The second-order valence-corrected chi connectivity index (χ2v) is 9.27. The number of carbonyl (C=O) groups is 1. The minimum atomic E-state index is -0.562. The number of hydrogen-bond acceptors (Lipinski definition) is 5. The van der Waals surface area contributed by atoms with Gasteiger partial charge < -0.3 is 10.3 Å². The molecule has 6 nitrogen and oxygen atoms in total. The third-order valence-electron chi connectivity index (χ3n) is 6.55. The Kier molecular flexibility index (Phi) is 3.52. The Morgan fingerprint density at radius 3 is 2.69 bits per heavy atom. The Morgan fingerprint density at radius 1 is 0.969 bits per heavy atom. The molecule has 1 aliphatic heterocycles. The standard InChI is InChI=1S/C25H17N5OS/c31-24-25(17-7-4-8-26-21(17)30-24)11-15-9-18-19(10-16(15)12-25)28-22(27-18)23-29-20(13-32-23)14-5-2-1-3-6-14/h1-10,13H,11-12H2,(H,27,28)(H,26,30,31). The van der Waals surface area contributed by atoms with E-state index in [0.29, 0.717) is 18.7 Å². The number of nitrogens with zero attached hydrogens (tertiary/aromatic N) is 3. The monoisotopic (exact) mass is 435 g/mol. The highest BCUT2D eigenvalue weighted by atomic mass is 32.1. The van der Waals surface area contributed by atoms with Gasteiger partial charge in [0.2, 0.25) is 5.91 Å². The van der Waals surface area contributed by atoms with Gasteiger partial charge in [0.25, 0.3) is 0 Å². The zero-order chi connectivity index (χ0) is 21.3. The fraction of sp³-hybridized carbons (Fsp3) is 0.120. The number of fused-ring (bicyclic) bond motifs is 4. The number of carbonyl (C=O) groups excluding carboxylic acids is 1. The van der Waals surface area contributed by atoms with E-state index in [0.717, 1.165) is 38.7 Å². The molecule has 5 aromatic rings. The van der Waals surface area contributed by atoms with Crippen molar-refractivity contribution in [3.8, 4) is 22.1 Å². The Bertz CT molecular complexity index is 1490. The molecule has 1 spiro atoms. The number of aromatic amines is 1. The summed E-state index contributed by atoms with van der Waals surface area (Å²) in [5, 5.41) is 5.90. The van der Waals surface area contributed by atoms with Gasteiger partial charge in [-0.1, -0.05) is 36.4 Å². The molecule has 7 heteroatoms. The molecule has 0 fully saturated rings. The number of thiazole rings is 1. The second-order valence-electron chi connectivity index (χ2n) is 8.42. The summed E-state index contributed by atoms with van der Waals surface area (Å²) in [5.41, 5.74) is 6.71. The number of H-pyrrole nitrogens is 1. The number of imidazole rings is 1. The predicted molar refractivity (Wildman–Crippen MR) is 125 cm³/mol. The summed E-state index contributed by atoms with van der Waals surface area (Å²) < 4.78 is 0. The third kappa shape index (κ3) is 2.45. The number of rotatable bonds is 2. The van der Waals surface area contributed by atoms with Crippen LogP contribution in [-0.2, 0) is 23.1 Å². The van der Waals surface area contributed by atoms with Crippen molar-refractivity contribution in [3.05, 3.63) is 82.9 Å². The van der Waals surface area contributed by atoms with Crippen LogP contribution in [0.3, 0.4) is 0 Å². The SMILES string of the molecule is O=C1Nc2ncccc2C12Cc1cc3nc(-c4nc(-c5ccccc5)cs4)[nH]c3cc1C2. The Balaban J connectivity index is 1.26. The number of hydrogen-bond donors (Lipinski definition) is 2. The first-order chi connectivity index (χ1) is 15.7. The van der Waals surface area contributed by atoms with Gasteiger partial charge in [-0.15, -0.1) is 11.3 Å². The lowest BCUT2D eigenvalue weighted by molar-refractivity contribution is -0.120. The first-order valence-corrected chi connectivity index (χ1v) is 11.4. The van der Waals surface area contributed by atoms with Gasteiger partial charge in [0, 0.05) is 22.7 Å². The Labute approximate surface area is 187 Å². The minimum Gasteiger partial charge on any atom is -0.336 e. The summed E-state index contributed by atoms with van der Waals surface area (Å²) in [6.45, 7) is 0. The Morgan fingerprint density at radius 2 is 1.81 bits per heavy atom. The summed E-state index contributed by atoms with van der Waals surface area (Å²) in [6.07, 6.45) is 3.06. The van der Waals surface area contributed by atoms with E-state index in [1.165, 1.54) is 11.1 Å². The zero-order valence-corrected chi connectivity index (χ0v) is 17.7. The highest BCUT2D eigenvalue weighted by molar-refractivity contribution is 7.13. The van der Waals surface area contributed by atoms with Crippen molar-refractivity contribution in [1.82, 2.24) is 19.9 Å². The molecule has 1 atom stereocenters. The molecule has 0 bridgehead atoms. The van der Waals surface area contributed by atoms with Crippen molar-refractivity contribution in [2.24, 2.45) is 0 Å². The van der Waals surface area contributed by atoms with Crippen molar-refractivity contribution in [1.29, 1.82) is 0 Å². The van der Waals surface area contributed by atoms with Crippen molar-refractivity contribution < 1.29 is 4.79 Å². The summed E-state index contributed by atoms with van der Waals surface area (Å²) >= 11 is 1.58. The normalized spacial score (nSPS) is 15.8. The maximum absolute atomic E-state index is 12.9. The second kappa shape index (κ2) is 6.34. The maximum atomic E-state index is 12.9. The van der Waals surface area contributed by atoms with Crippen LogP contribution in [0.4, 0.5) is 5.82 Å². The van der Waals surface area contributed by atoms with Crippen LogP contribution in [0.1, 0.15) is 16.7 Å². The summed E-state index contributed by atoms with van der Waals surface area (Å²) in [4.78, 5) is 30.3. The number of nitrogens with one attached hydrogen (secondary N) is 2. The quantitative estimate of drug-likeness (QED) is 0.420. The van der Waals surface area contributed by atoms with Gasteiger partial charge in [-0.25, -0.2) is 15.0 Å². The van der Waals surface area contributed by atoms with Crippen LogP contribution < -0.4 is 5.32 Å². The molecular weight excluding hydrogens is 418 g/mol. The first kappa shape index (κ1) is 17.8. The molecule has 2 aromatic carbocycles. The van der Waals surface area contributed by atoms with Crippen LogP contribution in [0.2, 0.25) is 0 Å². The van der Waals surface area contributed by atoms with Crippen LogP contribution >= 0.6 is 11.3 Å². The van der Waals surface area contributed by atoms with Crippen molar-refractivity contribution in [2.45, 2.75) is 18.3 Å². The average Bonchev–Trinajstić information content (AvgIpc) is 3.58. The third-order valence-corrected chi connectivity index (χ3v) is 7.40.